The molecule has 1 fully saturated rings. The maximum Gasteiger partial charge on any atom is 0.306 e. The zero-order valence-electron chi connectivity index (χ0n) is 11.9. The Morgan fingerprint density at radius 3 is 2.65 bits per heavy atom. The number of methoxy groups -OCH3 is 1. The van der Waals surface area contributed by atoms with Crippen molar-refractivity contribution in [2.75, 3.05) is 12.9 Å². The topological polar surface area (TPSA) is 61.2 Å². The second kappa shape index (κ2) is 5.85. The molecule has 0 saturated heterocycles. The number of hydrogen-bond donors (Lipinski definition) is 0. The Hall–Kier alpha value is -0.880. The summed E-state index contributed by atoms with van der Waals surface area (Å²) in [6.45, 7) is 1.86. The lowest BCUT2D eigenvalue weighted by molar-refractivity contribution is -0.141. The molecule has 2 rings (SSSR count). The standard InChI is InChI=1S/C13H19ClN2O3S/c1-9-10(12(14)16(2)15-9)7-20(18)8-13(4-5-13)6-11(17)19-3/h4-8H2,1-3H3. The fraction of sp³-hybridized carbons (Fsp3) is 0.692. The predicted molar refractivity (Wildman–Crippen MR) is 78.0 cm³/mol. The molecule has 0 amide bonds. The Balaban J connectivity index is 1.98. The minimum atomic E-state index is -1.05. The van der Waals surface area contributed by atoms with E-state index in [0.717, 1.165) is 24.1 Å². The van der Waals surface area contributed by atoms with E-state index in [-0.39, 0.29) is 11.4 Å². The van der Waals surface area contributed by atoms with E-state index in [1.807, 2.05) is 6.92 Å². The molecule has 1 atom stereocenters. The molecule has 0 spiro atoms. The monoisotopic (exact) mass is 318 g/mol. The van der Waals surface area contributed by atoms with Crippen molar-refractivity contribution < 1.29 is 13.7 Å². The van der Waals surface area contributed by atoms with Gasteiger partial charge in [-0.25, -0.2) is 0 Å². The third-order valence-electron chi connectivity index (χ3n) is 3.75. The number of halogens is 1. The van der Waals surface area contributed by atoms with Crippen LogP contribution in [0.4, 0.5) is 0 Å². The summed E-state index contributed by atoms with van der Waals surface area (Å²) in [4.78, 5) is 11.4. The van der Waals surface area contributed by atoms with Crippen LogP contribution < -0.4 is 0 Å². The average Bonchev–Trinajstić information content (AvgIpc) is 3.08. The smallest absolute Gasteiger partial charge is 0.306 e. The Bertz CT molecular complexity index is 552. The number of aromatic nitrogens is 2. The summed E-state index contributed by atoms with van der Waals surface area (Å²) in [6.07, 6.45) is 2.23. The quantitative estimate of drug-likeness (QED) is 0.752. The number of carbonyl (C=O) groups is 1. The van der Waals surface area contributed by atoms with Crippen LogP contribution in [0, 0.1) is 12.3 Å². The highest BCUT2D eigenvalue weighted by atomic mass is 35.5. The number of rotatable bonds is 6. The summed E-state index contributed by atoms with van der Waals surface area (Å²) in [7, 11) is 2.10. The lowest BCUT2D eigenvalue weighted by Crippen LogP contribution is -2.18. The Labute approximate surface area is 126 Å². The molecule has 20 heavy (non-hydrogen) atoms. The van der Waals surface area contributed by atoms with Crippen LogP contribution in [0.5, 0.6) is 0 Å². The van der Waals surface area contributed by atoms with Gasteiger partial charge in [-0.2, -0.15) is 5.10 Å². The summed E-state index contributed by atoms with van der Waals surface area (Å²) in [5.74, 6) is 0.684. The van der Waals surface area contributed by atoms with Crippen LogP contribution in [-0.2, 0) is 33.1 Å². The molecule has 0 N–H and O–H groups in total. The molecule has 1 aliphatic carbocycles. The summed E-state index contributed by atoms with van der Waals surface area (Å²) in [6, 6.07) is 0. The van der Waals surface area contributed by atoms with Crippen molar-refractivity contribution in [2.45, 2.75) is 31.9 Å². The zero-order chi connectivity index (χ0) is 14.9. The van der Waals surface area contributed by atoms with E-state index in [9.17, 15) is 9.00 Å². The van der Waals surface area contributed by atoms with Crippen molar-refractivity contribution in [1.82, 2.24) is 9.78 Å². The van der Waals surface area contributed by atoms with Crippen molar-refractivity contribution in [3.63, 3.8) is 0 Å². The molecule has 7 heteroatoms. The lowest BCUT2D eigenvalue weighted by Gasteiger charge is -2.13. The molecule has 112 valence electrons. The first-order valence-corrected chi connectivity index (χ1v) is 8.33. The van der Waals surface area contributed by atoms with Gasteiger partial charge in [0.1, 0.15) is 5.15 Å². The third kappa shape index (κ3) is 3.41. The maximum atomic E-state index is 12.3. The second-order valence-corrected chi connectivity index (χ2v) is 7.27. The van der Waals surface area contributed by atoms with E-state index in [0.29, 0.717) is 23.1 Å². The van der Waals surface area contributed by atoms with Crippen LogP contribution in [0.25, 0.3) is 0 Å². The molecule has 1 aromatic rings. The maximum absolute atomic E-state index is 12.3. The molecule has 0 radical (unpaired) electrons. The highest BCUT2D eigenvalue weighted by Crippen LogP contribution is 2.49. The first-order valence-electron chi connectivity index (χ1n) is 6.47. The van der Waals surface area contributed by atoms with Gasteiger partial charge >= 0.3 is 5.97 Å². The molecule has 0 bridgehead atoms. The molecule has 0 aromatic carbocycles. The number of hydrogen-bond acceptors (Lipinski definition) is 4. The number of esters is 1. The van der Waals surface area contributed by atoms with Crippen molar-refractivity contribution in [3.05, 3.63) is 16.4 Å². The predicted octanol–water partition coefficient (Wildman–Crippen LogP) is 1.97. The van der Waals surface area contributed by atoms with Crippen LogP contribution in [0.1, 0.15) is 30.5 Å². The van der Waals surface area contributed by atoms with Gasteiger partial charge in [0.25, 0.3) is 0 Å². The molecule has 1 aromatic heterocycles. The van der Waals surface area contributed by atoms with Crippen molar-refractivity contribution in [2.24, 2.45) is 12.5 Å². The minimum Gasteiger partial charge on any atom is -0.469 e. The van der Waals surface area contributed by atoms with Gasteiger partial charge in [0.05, 0.1) is 25.0 Å². The van der Waals surface area contributed by atoms with E-state index in [4.69, 9.17) is 16.3 Å². The largest absolute Gasteiger partial charge is 0.469 e. The fourth-order valence-electron chi connectivity index (χ4n) is 2.32. The highest BCUT2D eigenvalue weighted by Gasteiger charge is 2.46. The molecular formula is C13H19ClN2O3S. The van der Waals surface area contributed by atoms with Gasteiger partial charge in [-0.1, -0.05) is 11.6 Å². The molecule has 1 heterocycles. The molecule has 5 nitrogen and oxygen atoms in total. The van der Waals surface area contributed by atoms with E-state index >= 15 is 0 Å². The van der Waals surface area contributed by atoms with E-state index in [1.54, 1.807) is 11.7 Å². The van der Waals surface area contributed by atoms with Crippen molar-refractivity contribution in [1.29, 1.82) is 0 Å². The van der Waals surface area contributed by atoms with Crippen molar-refractivity contribution >= 4 is 28.4 Å². The molecule has 1 saturated carbocycles. The molecule has 0 aliphatic heterocycles. The molecule has 1 unspecified atom stereocenters. The first-order chi connectivity index (χ1) is 9.37. The SMILES string of the molecule is COC(=O)CC1(CS(=O)Cc2c(C)nn(C)c2Cl)CC1. The Kier molecular flexibility index (Phi) is 4.54. The Morgan fingerprint density at radius 2 is 2.20 bits per heavy atom. The first kappa shape index (κ1) is 15.5. The van der Waals surface area contributed by atoms with Gasteiger partial charge in [-0.3, -0.25) is 13.7 Å². The average molecular weight is 319 g/mol. The van der Waals surface area contributed by atoms with Gasteiger partial charge in [-0.05, 0) is 25.2 Å². The fourth-order valence-corrected chi connectivity index (χ4v) is 4.48. The summed E-state index contributed by atoms with van der Waals surface area (Å²) in [5.41, 5.74) is 1.52. The van der Waals surface area contributed by atoms with E-state index < -0.39 is 10.8 Å². The van der Waals surface area contributed by atoms with Crippen LogP contribution in [-0.4, -0.2) is 32.8 Å². The number of nitrogens with zero attached hydrogens (tertiary/aromatic N) is 2. The van der Waals surface area contributed by atoms with Gasteiger partial charge in [0.15, 0.2) is 0 Å². The van der Waals surface area contributed by atoms with Crippen LogP contribution >= 0.6 is 11.6 Å². The molecular weight excluding hydrogens is 300 g/mol. The van der Waals surface area contributed by atoms with Crippen LogP contribution in [0.15, 0.2) is 0 Å². The Morgan fingerprint density at radius 1 is 1.55 bits per heavy atom. The van der Waals surface area contributed by atoms with Gasteiger partial charge in [-0.15, -0.1) is 0 Å². The van der Waals surface area contributed by atoms with E-state index in [1.165, 1.54) is 7.11 Å². The van der Waals surface area contributed by atoms with Gasteiger partial charge < -0.3 is 4.74 Å². The highest BCUT2D eigenvalue weighted by molar-refractivity contribution is 7.84. The summed E-state index contributed by atoms with van der Waals surface area (Å²) in [5, 5.41) is 4.75. The third-order valence-corrected chi connectivity index (χ3v) is 5.76. The molecule has 1 aliphatic rings. The second-order valence-electron chi connectivity index (χ2n) is 5.46. The van der Waals surface area contributed by atoms with Crippen LogP contribution in [0.2, 0.25) is 5.15 Å². The van der Waals surface area contributed by atoms with Crippen molar-refractivity contribution in [3.8, 4) is 0 Å². The summed E-state index contributed by atoms with van der Waals surface area (Å²) >= 11 is 6.14. The minimum absolute atomic E-state index is 0.124. The van der Waals surface area contributed by atoms with Gasteiger partial charge in [0.2, 0.25) is 0 Å². The normalized spacial score (nSPS) is 17.8. The number of carbonyl (C=O) groups excluding carboxylic acids is 1. The number of aryl methyl sites for hydroxylation is 2. The zero-order valence-corrected chi connectivity index (χ0v) is 13.5. The number of ether oxygens (including phenoxy) is 1. The van der Waals surface area contributed by atoms with Gasteiger partial charge in [0, 0.05) is 29.2 Å². The lowest BCUT2D eigenvalue weighted by atomic mass is 10.1. The van der Waals surface area contributed by atoms with E-state index in [2.05, 4.69) is 5.10 Å². The van der Waals surface area contributed by atoms with Crippen LogP contribution in [0.3, 0.4) is 0 Å². The summed E-state index contributed by atoms with van der Waals surface area (Å²) < 4.78 is 18.6.